The minimum atomic E-state index is -3.20. The highest BCUT2D eigenvalue weighted by atomic mass is 32.2. The second kappa shape index (κ2) is 5.82. The van der Waals surface area contributed by atoms with E-state index in [1.54, 1.807) is 7.05 Å². The van der Waals surface area contributed by atoms with Crippen molar-refractivity contribution >= 4 is 27.3 Å². The molecule has 0 aliphatic carbocycles. The number of rotatable bonds is 4. The van der Waals surface area contributed by atoms with Crippen LogP contribution in [0.1, 0.15) is 0 Å². The predicted molar refractivity (Wildman–Crippen MR) is 79.1 cm³/mol. The number of hydrogen-bond acceptors (Lipinski definition) is 7. The molecule has 0 bridgehead atoms. The highest BCUT2D eigenvalue weighted by Gasteiger charge is 2.25. The molecule has 0 amide bonds. The van der Waals surface area contributed by atoms with Crippen LogP contribution in [0.4, 0.5) is 17.3 Å². The van der Waals surface area contributed by atoms with Gasteiger partial charge in [0.25, 0.3) is 5.69 Å². The van der Waals surface area contributed by atoms with E-state index in [0.29, 0.717) is 37.8 Å². The third-order valence-electron chi connectivity index (χ3n) is 3.30. The number of sulfonamides is 1. The second-order valence-corrected chi connectivity index (χ2v) is 6.71. The average Bonchev–Trinajstić information content (AvgIpc) is 2.46. The van der Waals surface area contributed by atoms with Gasteiger partial charge in [0.15, 0.2) is 0 Å². The van der Waals surface area contributed by atoms with Gasteiger partial charge < -0.3 is 10.2 Å². The second-order valence-electron chi connectivity index (χ2n) is 4.72. The maximum atomic E-state index is 11.5. The minimum absolute atomic E-state index is 0.0464. The van der Waals surface area contributed by atoms with Gasteiger partial charge in [0, 0.05) is 33.2 Å². The lowest BCUT2D eigenvalue weighted by atomic mass is 10.3. The number of aromatic nitrogens is 1. The Balaban J connectivity index is 2.20. The Morgan fingerprint density at radius 1 is 1.29 bits per heavy atom. The third kappa shape index (κ3) is 3.58. The summed E-state index contributed by atoms with van der Waals surface area (Å²) in [5.74, 6) is 0.881. The van der Waals surface area contributed by atoms with Gasteiger partial charge in [0.05, 0.1) is 23.3 Å². The van der Waals surface area contributed by atoms with Crippen LogP contribution in [0.5, 0.6) is 0 Å². The van der Waals surface area contributed by atoms with Gasteiger partial charge in [-0.2, -0.15) is 4.31 Å². The molecule has 1 saturated heterocycles. The molecular weight excluding hydrogens is 298 g/mol. The first-order valence-electron chi connectivity index (χ1n) is 6.35. The van der Waals surface area contributed by atoms with Crippen molar-refractivity contribution in [3.05, 3.63) is 22.2 Å². The summed E-state index contributed by atoms with van der Waals surface area (Å²) in [4.78, 5) is 16.6. The Hall–Kier alpha value is -1.94. The molecule has 10 heteroatoms. The first-order valence-corrected chi connectivity index (χ1v) is 8.20. The molecule has 1 aliphatic rings. The topological polar surface area (TPSA) is 109 Å². The Morgan fingerprint density at radius 3 is 2.38 bits per heavy atom. The van der Waals surface area contributed by atoms with Crippen LogP contribution in [0, 0.1) is 10.1 Å². The van der Waals surface area contributed by atoms with Gasteiger partial charge in [0.2, 0.25) is 10.0 Å². The van der Waals surface area contributed by atoms with E-state index >= 15 is 0 Å². The summed E-state index contributed by atoms with van der Waals surface area (Å²) < 4.78 is 24.3. The van der Waals surface area contributed by atoms with Gasteiger partial charge in [-0.1, -0.05) is 0 Å². The summed E-state index contributed by atoms with van der Waals surface area (Å²) in [7, 11) is -1.56. The standard InChI is InChI=1S/C11H17N5O4S/c1-12-10-7-9(16(17)18)8-11(13-10)14-3-5-15(6-4-14)21(2,19)20/h7-8H,3-6H2,1-2H3,(H,12,13). The van der Waals surface area contributed by atoms with Crippen LogP contribution in [0.25, 0.3) is 0 Å². The predicted octanol–water partition coefficient (Wildman–Crippen LogP) is 0.113. The molecule has 2 heterocycles. The Labute approximate surface area is 122 Å². The summed E-state index contributed by atoms with van der Waals surface area (Å²) in [6.45, 7) is 1.59. The number of anilines is 2. The lowest BCUT2D eigenvalue weighted by Gasteiger charge is -2.33. The van der Waals surface area contributed by atoms with E-state index in [4.69, 9.17) is 0 Å². The van der Waals surface area contributed by atoms with Crippen molar-refractivity contribution in [2.45, 2.75) is 0 Å². The summed E-state index contributed by atoms with van der Waals surface area (Å²) >= 11 is 0. The number of pyridine rings is 1. The zero-order chi connectivity index (χ0) is 15.6. The maximum absolute atomic E-state index is 11.5. The zero-order valence-electron chi connectivity index (χ0n) is 11.8. The number of hydrogen-bond donors (Lipinski definition) is 1. The summed E-state index contributed by atoms with van der Waals surface area (Å²) in [6, 6.07) is 2.76. The fourth-order valence-electron chi connectivity index (χ4n) is 2.15. The molecule has 0 unspecified atom stereocenters. The molecule has 9 nitrogen and oxygen atoms in total. The Morgan fingerprint density at radius 2 is 1.90 bits per heavy atom. The van der Waals surface area contributed by atoms with Gasteiger partial charge in [-0.3, -0.25) is 10.1 Å². The van der Waals surface area contributed by atoms with Crippen LogP contribution in [0.2, 0.25) is 0 Å². The highest BCUT2D eigenvalue weighted by Crippen LogP contribution is 2.24. The summed E-state index contributed by atoms with van der Waals surface area (Å²) in [5, 5.41) is 13.7. The normalized spacial score (nSPS) is 16.8. The summed E-state index contributed by atoms with van der Waals surface area (Å²) in [5.41, 5.74) is -0.0464. The molecule has 1 fully saturated rings. The number of nitrogens with zero attached hydrogens (tertiary/aromatic N) is 4. The van der Waals surface area contributed by atoms with Crippen molar-refractivity contribution in [3.8, 4) is 0 Å². The van der Waals surface area contributed by atoms with Crippen molar-refractivity contribution in [1.82, 2.24) is 9.29 Å². The fraction of sp³-hybridized carbons (Fsp3) is 0.545. The maximum Gasteiger partial charge on any atom is 0.276 e. The molecule has 116 valence electrons. The largest absolute Gasteiger partial charge is 0.373 e. The van der Waals surface area contributed by atoms with E-state index in [0.717, 1.165) is 0 Å². The zero-order valence-corrected chi connectivity index (χ0v) is 12.6. The van der Waals surface area contributed by atoms with E-state index in [1.807, 2.05) is 4.90 Å². The number of piperazine rings is 1. The van der Waals surface area contributed by atoms with E-state index in [9.17, 15) is 18.5 Å². The van der Waals surface area contributed by atoms with Crippen LogP contribution in [0.15, 0.2) is 12.1 Å². The molecule has 0 spiro atoms. The van der Waals surface area contributed by atoms with Crippen molar-refractivity contribution in [1.29, 1.82) is 0 Å². The molecular formula is C11H17N5O4S. The molecule has 1 aromatic heterocycles. The molecule has 0 saturated carbocycles. The van der Waals surface area contributed by atoms with Crippen molar-refractivity contribution in [2.75, 3.05) is 49.7 Å². The van der Waals surface area contributed by atoms with Gasteiger partial charge in [-0.25, -0.2) is 13.4 Å². The van der Waals surface area contributed by atoms with Crippen LogP contribution < -0.4 is 10.2 Å². The molecule has 0 atom stereocenters. The quantitative estimate of drug-likeness (QED) is 0.620. The van der Waals surface area contributed by atoms with E-state index < -0.39 is 14.9 Å². The van der Waals surface area contributed by atoms with Crippen LogP contribution in [-0.4, -0.2) is 62.1 Å². The van der Waals surface area contributed by atoms with Gasteiger partial charge in [-0.05, 0) is 0 Å². The van der Waals surface area contributed by atoms with Crippen molar-refractivity contribution in [2.24, 2.45) is 0 Å². The number of nitro groups is 1. The van der Waals surface area contributed by atoms with Crippen LogP contribution in [0.3, 0.4) is 0 Å². The smallest absolute Gasteiger partial charge is 0.276 e. The molecule has 0 aromatic carbocycles. The lowest BCUT2D eigenvalue weighted by Crippen LogP contribution is -2.48. The molecule has 1 N–H and O–H groups in total. The van der Waals surface area contributed by atoms with Crippen LogP contribution >= 0.6 is 0 Å². The van der Waals surface area contributed by atoms with Gasteiger partial charge in [-0.15, -0.1) is 0 Å². The van der Waals surface area contributed by atoms with E-state index in [2.05, 4.69) is 10.3 Å². The van der Waals surface area contributed by atoms with Gasteiger partial charge in [0.1, 0.15) is 11.6 Å². The van der Waals surface area contributed by atoms with Gasteiger partial charge >= 0.3 is 0 Å². The molecule has 21 heavy (non-hydrogen) atoms. The first kappa shape index (κ1) is 15.4. The Bertz CT molecular complexity index is 640. The van der Waals surface area contributed by atoms with E-state index in [-0.39, 0.29) is 5.69 Å². The van der Waals surface area contributed by atoms with Crippen LogP contribution in [-0.2, 0) is 10.0 Å². The average molecular weight is 315 g/mol. The monoisotopic (exact) mass is 315 g/mol. The molecule has 2 rings (SSSR count). The van der Waals surface area contributed by atoms with Crippen molar-refractivity contribution < 1.29 is 13.3 Å². The SMILES string of the molecule is CNc1cc([N+](=O)[O-])cc(N2CCN(S(C)(=O)=O)CC2)n1. The fourth-order valence-corrected chi connectivity index (χ4v) is 2.97. The third-order valence-corrected chi connectivity index (χ3v) is 4.60. The van der Waals surface area contributed by atoms with Crippen molar-refractivity contribution in [3.63, 3.8) is 0 Å². The molecule has 1 aromatic rings. The van der Waals surface area contributed by atoms with E-state index in [1.165, 1.54) is 22.7 Å². The first-order chi connectivity index (χ1) is 9.81. The Kier molecular flexibility index (Phi) is 4.28. The lowest BCUT2D eigenvalue weighted by molar-refractivity contribution is -0.384. The minimum Gasteiger partial charge on any atom is -0.373 e. The number of nitrogens with one attached hydrogen (secondary N) is 1. The summed E-state index contributed by atoms with van der Waals surface area (Å²) in [6.07, 6.45) is 1.17. The molecule has 0 radical (unpaired) electrons. The highest BCUT2D eigenvalue weighted by molar-refractivity contribution is 7.88. The molecule has 1 aliphatic heterocycles.